The second kappa shape index (κ2) is 6.48. The van der Waals surface area contributed by atoms with Crippen molar-refractivity contribution in [2.24, 2.45) is 5.73 Å². The van der Waals surface area contributed by atoms with Gasteiger partial charge in [-0.3, -0.25) is 4.79 Å². The van der Waals surface area contributed by atoms with E-state index in [-0.39, 0.29) is 5.91 Å². The van der Waals surface area contributed by atoms with Gasteiger partial charge in [-0.25, -0.2) is 0 Å². The Kier molecular flexibility index (Phi) is 4.88. The standard InChI is InChI=1S/C17H27N3O/c1-4-20(15-10-6-5-8-13(15)2)14-9-7-11-17(12-14,19-3)16(18)21/h5-6,8,10,14,19H,4,7,9,11-12H2,1-3H3,(H2,18,21). The van der Waals surface area contributed by atoms with E-state index in [0.29, 0.717) is 6.04 Å². The number of carbonyl (C=O) groups excluding carboxylic acids is 1. The number of hydrogen-bond donors (Lipinski definition) is 2. The van der Waals surface area contributed by atoms with Crippen molar-refractivity contribution in [3.63, 3.8) is 0 Å². The molecule has 0 aromatic heterocycles. The van der Waals surface area contributed by atoms with E-state index in [1.54, 1.807) is 0 Å². The van der Waals surface area contributed by atoms with Crippen LogP contribution >= 0.6 is 0 Å². The number of primary amides is 1. The predicted octanol–water partition coefficient (Wildman–Crippen LogP) is 2.21. The van der Waals surface area contributed by atoms with Crippen molar-refractivity contribution in [2.75, 3.05) is 18.5 Å². The highest BCUT2D eigenvalue weighted by molar-refractivity contribution is 5.85. The number of amides is 1. The van der Waals surface area contributed by atoms with Crippen molar-refractivity contribution >= 4 is 11.6 Å². The van der Waals surface area contributed by atoms with E-state index in [0.717, 1.165) is 32.2 Å². The molecular formula is C17H27N3O. The minimum atomic E-state index is -0.557. The maximum Gasteiger partial charge on any atom is 0.237 e. The Balaban J connectivity index is 2.27. The predicted molar refractivity (Wildman–Crippen MR) is 87.4 cm³/mol. The van der Waals surface area contributed by atoms with E-state index in [1.807, 2.05) is 7.05 Å². The number of rotatable bonds is 5. The molecule has 0 radical (unpaired) electrons. The Morgan fingerprint density at radius 1 is 1.48 bits per heavy atom. The van der Waals surface area contributed by atoms with Crippen LogP contribution in [0.5, 0.6) is 0 Å². The lowest BCUT2D eigenvalue weighted by Gasteiger charge is -2.44. The van der Waals surface area contributed by atoms with Gasteiger partial charge in [0.1, 0.15) is 0 Å². The number of nitrogens with two attached hydrogens (primary N) is 1. The quantitative estimate of drug-likeness (QED) is 0.873. The lowest BCUT2D eigenvalue weighted by atomic mass is 9.77. The molecule has 2 rings (SSSR count). The molecule has 1 aliphatic carbocycles. The number of nitrogens with one attached hydrogen (secondary N) is 1. The lowest BCUT2D eigenvalue weighted by molar-refractivity contribution is -0.125. The SMILES string of the molecule is CCN(c1ccccc1C)C1CCCC(NC)(C(N)=O)C1. The summed E-state index contributed by atoms with van der Waals surface area (Å²) in [5, 5.41) is 3.19. The maximum atomic E-state index is 11.9. The molecule has 2 atom stereocenters. The van der Waals surface area contributed by atoms with Gasteiger partial charge < -0.3 is 16.0 Å². The smallest absolute Gasteiger partial charge is 0.237 e. The molecule has 1 saturated carbocycles. The Morgan fingerprint density at radius 3 is 2.76 bits per heavy atom. The third kappa shape index (κ3) is 3.05. The molecule has 1 aromatic carbocycles. The zero-order valence-electron chi connectivity index (χ0n) is 13.4. The van der Waals surface area contributed by atoms with Crippen LogP contribution in [0.25, 0.3) is 0 Å². The van der Waals surface area contributed by atoms with Crippen LogP contribution in [-0.2, 0) is 4.79 Å². The number of aryl methyl sites for hydroxylation is 1. The Labute approximate surface area is 127 Å². The summed E-state index contributed by atoms with van der Waals surface area (Å²) in [5.74, 6) is -0.226. The van der Waals surface area contributed by atoms with E-state index in [9.17, 15) is 4.79 Å². The Bertz CT molecular complexity index is 503. The van der Waals surface area contributed by atoms with E-state index in [1.165, 1.54) is 11.3 Å². The zero-order chi connectivity index (χ0) is 15.5. The summed E-state index contributed by atoms with van der Waals surface area (Å²) < 4.78 is 0. The van der Waals surface area contributed by atoms with E-state index < -0.39 is 5.54 Å². The topological polar surface area (TPSA) is 58.4 Å². The number of benzene rings is 1. The average molecular weight is 289 g/mol. The lowest BCUT2D eigenvalue weighted by Crippen LogP contribution is -2.59. The normalized spacial score (nSPS) is 25.6. The second-order valence-electron chi connectivity index (χ2n) is 6.02. The highest BCUT2D eigenvalue weighted by Crippen LogP contribution is 2.34. The van der Waals surface area contributed by atoms with Crippen molar-refractivity contribution in [2.45, 2.75) is 51.1 Å². The van der Waals surface area contributed by atoms with Crippen molar-refractivity contribution in [3.8, 4) is 0 Å². The van der Waals surface area contributed by atoms with Crippen LogP contribution in [0, 0.1) is 6.92 Å². The van der Waals surface area contributed by atoms with Crippen LogP contribution < -0.4 is 16.0 Å². The van der Waals surface area contributed by atoms with Gasteiger partial charge in [-0.1, -0.05) is 18.2 Å². The molecule has 0 spiro atoms. The van der Waals surface area contributed by atoms with Gasteiger partial charge >= 0.3 is 0 Å². The number of anilines is 1. The fraction of sp³-hybridized carbons (Fsp3) is 0.588. The number of nitrogens with zero attached hydrogens (tertiary/aromatic N) is 1. The molecule has 2 unspecified atom stereocenters. The minimum Gasteiger partial charge on any atom is -0.369 e. The number of para-hydroxylation sites is 1. The second-order valence-corrected chi connectivity index (χ2v) is 6.02. The van der Waals surface area contributed by atoms with Gasteiger partial charge in [-0.15, -0.1) is 0 Å². The number of likely N-dealkylation sites (N-methyl/N-ethyl adjacent to an activating group) is 1. The fourth-order valence-corrected chi connectivity index (χ4v) is 3.60. The Hall–Kier alpha value is -1.55. The van der Waals surface area contributed by atoms with Gasteiger partial charge in [-0.05, 0) is 58.2 Å². The molecule has 4 nitrogen and oxygen atoms in total. The fourth-order valence-electron chi connectivity index (χ4n) is 3.60. The molecule has 21 heavy (non-hydrogen) atoms. The first-order valence-electron chi connectivity index (χ1n) is 7.85. The van der Waals surface area contributed by atoms with E-state index in [2.05, 4.69) is 48.3 Å². The van der Waals surface area contributed by atoms with E-state index in [4.69, 9.17) is 5.73 Å². The third-order valence-corrected chi connectivity index (χ3v) is 4.88. The summed E-state index contributed by atoms with van der Waals surface area (Å²) in [7, 11) is 1.84. The summed E-state index contributed by atoms with van der Waals surface area (Å²) in [6.45, 7) is 5.25. The molecule has 1 amide bonds. The van der Waals surface area contributed by atoms with Gasteiger partial charge in [0.25, 0.3) is 0 Å². The van der Waals surface area contributed by atoms with Crippen LogP contribution in [0.15, 0.2) is 24.3 Å². The van der Waals surface area contributed by atoms with Gasteiger partial charge in [0.05, 0.1) is 5.54 Å². The minimum absolute atomic E-state index is 0.226. The molecule has 4 heteroatoms. The van der Waals surface area contributed by atoms with Crippen molar-refractivity contribution in [1.82, 2.24) is 5.32 Å². The molecule has 0 aliphatic heterocycles. The molecule has 1 aromatic rings. The van der Waals surface area contributed by atoms with Gasteiger partial charge in [0.15, 0.2) is 0 Å². The summed E-state index contributed by atoms with van der Waals surface area (Å²) in [6, 6.07) is 8.80. The summed E-state index contributed by atoms with van der Waals surface area (Å²) in [5.41, 5.74) is 7.65. The molecule has 0 saturated heterocycles. The monoisotopic (exact) mass is 289 g/mol. The molecule has 116 valence electrons. The molecule has 0 bridgehead atoms. The molecule has 0 heterocycles. The molecule has 1 fully saturated rings. The first-order valence-corrected chi connectivity index (χ1v) is 7.85. The van der Waals surface area contributed by atoms with Crippen molar-refractivity contribution in [3.05, 3.63) is 29.8 Å². The largest absolute Gasteiger partial charge is 0.369 e. The highest BCUT2D eigenvalue weighted by atomic mass is 16.1. The molecule has 3 N–H and O–H groups in total. The first-order chi connectivity index (χ1) is 10.0. The summed E-state index contributed by atoms with van der Waals surface area (Å²) in [6.07, 6.45) is 3.75. The van der Waals surface area contributed by atoms with Crippen molar-refractivity contribution < 1.29 is 4.79 Å². The first kappa shape index (κ1) is 15.8. The van der Waals surface area contributed by atoms with Gasteiger partial charge in [0, 0.05) is 18.3 Å². The average Bonchev–Trinajstić information content (AvgIpc) is 2.50. The highest BCUT2D eigenvalue weighted by Gasteiger charge is 2.41. The maximum absolute atomic E-state index is 11.9. The van der Waals surface area contributed by atoms with Crippen LogP contribution in [0.4, 0.5) is 5.69 Å². The number of hydrogen-bond acceptors (Lipinski definition) is 3. The Morgan fingerprint density at radius 2 is 2.19 bits per heavy atom. The molecule has 1 aliphatic rings. The summed E-state index contributed by atoms with van der Waals surface area (Å²) >= 11 is 0. The van der Waals surface area contributed by atoms with Crippen LogP contribution in [0.3, 0.4) is 0 Å². The third-order valence-electron chi connectivity index (χ3n) is 4.88. The zero-order valence-corrected chi connectivity index (χ0v) is 13.4. The van der Waals surface area contributed by atoms with Crippen LogP contribution in [0.1, 0.15) is 38.2 Å². The van der Waals surface area contributed by atoms with Crippen LogP contribution in [-0.4, -0.2) is 31.1 Å². The van der Waals surface area contributed by atoms with Gasteiger partial charge in [0.2, 0.25) is 5.91 Å². The van der Waals surface area contributed by atoms with Crippen molar-refractivity contribution in [1.29, 1.82) is 0 Å². The molecular weight excluding hydrogens is 262 g/mol. The number of carbonyl (C=O) groups is 1. The van der Waals surface area contributed by atoms with Crippen LogP contribution in [0.2, 0.25) is 0 Å². The van der Waals surface area contributed by atoms with Gasteiger partial charge in [-0.2, -0.15) is 0 Å². The summed E-state index contributed by atoms with van der Waals surface area (Å²) in [4.78, 5) is 14.3. The van der Waals surface area contributed by atoms with E-state index >= 15 is 0 Å².